The zero-order chi connectivity index (χ0) is 19.4. The van der Waals surface area contributed by atoms with Crippen molar-refractivity contribution in [1.29, 1.82) is 0 Å². The molecule has 1 aromatic carbocycles. The van der Waals surface area contributed by atoms with E-state index in [9.17, 15) is 0 Å². The van der Waals surface area contributed by atoms with Crippen LogP contribution in [-0.2, 0) is 0 Å². The number of guanidine groups is 1. The van der Waals surface area contributed by atoms with Gasteiger partial charge in [0.25, 0.3) is 0 Å². The van der Waals surface area contributed by atoms with Gasteiger partial charge in [-0.1, -0.05) is 42.5 Å². The van der Waals surface area contributed by atoms with Crippen molar-refractivity contribution in [2.45, 2.75) is 0 Å². The van der Waals surface area contributed by atoms with Gasteiger partial charge >= 0.3 is 0 Å². The molecule has 0 radical (unpaired) electrons. The molecule has 28 heavy (non-hydrogen) atoms. The topological polar surface area (TPSA) is 53.0 Å². The highest BCUT2D eigenvalue weighted by Gasteiger charge is 2.18. The third-order valence-corrected chi connectivity index (χ3v) is 4.65. The molecule has 1 aliphatic heterocycles. The summed E-state index contributed by atoms with van der Waals surface area (Å²) in [4.78, 5) is 13.2. The Kier molecular flexibility index (Phi) is 7.88. The number of pyridine rings is 1. The van der Waals surface area contributed by atoms with Crippen molar-refractivity contribution in [3.8, 4) is 5.75 Å². The lowest BCUT2D eigenvalue weighted by Crippen LogP contribution is -2.52. The lowest BCUT2D eigenvalue weighted by atomic mass is 10.2. The zero-order valence-electron chi connectivity index (χ0n) is 16.5. The van der Waals surface area contributed by atoms with E-state index in [1.165, 1.54) is 5.56 Å². The monoisotopic (exact) mass is 379 g/mol. The molecule has 0 aliphatic carbocycles. The minimum absolute atomic E-state index is 0.578. The average Bonchev–Trinajstić information content (AvgIpc) is 2.76. The molecule has 6 nitrogen and oxygen atoms in total. The first-order valence-electron chi connectivity index (χ1n) is 9.77. The normalized spacial score (nSPS) is 15.8. The van der Waals surface area contributed by atoms with Gasteiger partial charge in [-0.05, 0) is 17.7 Å². The molecule has 1 N–H and O–H groups in total. The van der Waals surface area contributed by atoms with Crippen LogP contribution in [0.1, 0.15) is 5.56 Å². The Balaban J connectivity index is 1.35. The minimum atomic E-state index is 0.578. The summed E-state index contributed by atoms with van der Waals surface area (Å²) in [6.07, 6.45) is 7.90. The van der Waals surface area contributed by atoms with E-state index in [1.54, 1.807) is 12.4 Å². The van der Waals surface area contributed by atoms with Gasteiger partial charge in [-0.15, -0.1) is 0 Å². The molecule has 0 saturated carbocycles. The third-order valence-electron chi connectivity index (χ3n) is 4.65. The van der Waals surface area contributed by atoms with E-state index >= 15 is 0 Å². The second-order valence-electron chi connectivity index (χ2n) is 6.61. The number of rotatable bonds is 7. The molecule has 1 saturated heterocycles. The van der Waals surface area contributed by atoms with E-state index in [1.807, 2.05) is 25.2 Å². The van der Waals surface area contributed by atoms with Crippen LogP contribution in [0, 0.1) is 0 Å². The molecule has 1 aliphatic rings. The Morgan fingerprint density at radius 3 is 2.68 bits per heavy atom. The molecule has 3 rings (SSSR count). The number of piperazine rings is 1. The number of aliphatic imine (C=N–C) groups is 1. The third kappa shape index (κ3) is 6.39. The Hall–Kier alpha value is -2.86. The highest BCUT2D eigenvalue weighted by Crippen LogP contribution is 2.06. The molecule has 0 bridgehead atoms. The van der Waals surface area contributed by atoms with Gasteiger partial charge in [0.1, 0.15) is 12.4 Å². The summed E-state index contributed by atoms with van der Waals surface area (Å²) in [5, 5.41) is 3.39. The van der Waals surface area contributed by atoms with Crippen molar-refractivity contribution >= 4 is 12.0 Å². The second-order valence-corrected chi connectivity index (χ2v) is 6.61. The first-order valence-corrected chi connectivity index (χ1v) is 9.77. The molecule has 2 heterocycles. The number of aromatic nitrogens is 1. The summed E-state index contributed by atoms with van der Waals surface area (Å²) < 4.78 is 5.67. The molecule has 6 heteroatoms. The predicted molar refractivity (Wildman–Crippen MR) is 115 cm³/mol. The van der Waals surface area contributed by atoms with Crippen molar-refractivity contribution in [2.24, 2.45) is 4.99 Å². The fraction of sp³-hybridized carbons (Fsp3) is 0.364. The number of hydrogen-bond donors (Lipinski definition) is 1. The van der Waals surface area contributed by atoms with Gasteiger partial charge in [0.15, 0.2) is 5.96 Å². The first kappa shape index (κ1) is 19.9. The molecule has 0 amide bonds. The zero-order valence-corrected chi connectivity index (χ0v) is 16.5. The van der Waals surface area contributed by atoms with E-state index in [4.69, 9.17) is 4.74 Å². The fourth-order valence-electron chi connectivity index (χ4n) is 3.14. The van der Waals surface area contributed by atoms with Crippen LogP contribution in [0.5, 0.6) is 5.75 Å². The van der Waals surface area contributed by atoms with Crippen LogP contribution in [0.3, 0.4) is 0 Å². The van der Waals surface area contributed by atoms with Crippen molar-refractivity contribution in [2.75, 3.05) is 52.9 Å². The number of benzene rings is 1. The molecule has 0 unspecified atom stereocenters. The van der Waals surface area contributed by atoms with E-state index in [0.29, 0.717) is 13.2 Å². The maximum absolute atomic E-state index is 5.67. The summed E-state index contributed by atoms with van der Waals surface area (Å²) in [5.41, 5.74) is 1.25. The number of hydrogen-bond acceptors (Lipinski definition) is 4. The van der Waals surface area contributed by atoms with Gasteiger partial charge < -0.3 is 15.0 Å². The number of ether oxygens (including phenoxy) is 1. The Labute approximate surface area is 167 Å². The van der Waals surface area contributed by atoms with Crippen LogP contribution in [0.2, 0.25) is 0 Å². The first-order chi connectivity index (χ1) is 13.8. The van der Waals surface area contributed by atoms with E-state index in [-0.39, 0.29) is 0 Å². The molecule has 148 valence electrons. The van der Waals surface area contributed by atoms with Crippen LogP contribution in [0.4, 0.5) is 0 Å². The van der Waals surface area contributed by atoms with Gasteiger partial charge in [0, 0.05) is 46.0 Å². The summed E-state index contributed by atoms with van der Waals surface area (Å²) in [7, 11) is 1.83. The number of nitrogens with one attached hydrogen (secondary N) is 1. The van der Waals surface area contributed by atoms with Gasteiger partial charge in [0.2, 0.25) is 0 Å². The maximum Gasteiger partial charge on any atom is 0.193 e. The molecule has 2 aromatic rings. The minimum Gasteiger partial charge on any atom is -0.490 e. The van der Waals surface area contributed by atoms with Gasteiger partial charge in [-0.25, -0.2) is 0 Å². The Morgan fingerprint density at radius 2 is 1.96 bits per heavy atom. The quantitative estimate of drug-likeness (QED) is 0.455. The van der Waals surface area contributed by atoms with Crippen LogP contribution in [0.15, 0.2) is 65.9 Å². The largest absolute Gasteiger partial charge is 0.490 e. The van der Waals surface area contributed by atoms with Crippen LogP contribution < -0.4 is 10.1 Å². The van der Waals surface area contributed by atoms with E-state index in [0.717, 1.165) is 44.4 Å². The predicted octanol–water partition coefficient (Wildman–Crippen LogP) is 2.37. The van der Waals surface area contributed by atoms with Crippen LogP contribution in [-0.4, -0.2) is 73.7 Å². The Morgan fingerprint density at radius 1 is 1.14 bits per heavy atom. The van der Waals surface area contributed by atoms with Crippen molar-refractivity contribution in [3.05, 3.63) is 66.5 Å². The summed E-state index contributed by atoms with van der Waals surface area (Å²) in [6.45, 7) is 6.28. The molecule has 1 aromatic heterocycles. The lowest BCUT2D eigenvalue weighted by Gasteiger charge is -2.36. The van der Waals surface area contributed by atoms with Crippen LogP contribution in [0.25, 0.3) is 6.08 Å². The lowest BCUT2D eigenvalue weighted by molar-refractivity contribution is 0.194. The van der Waals surface area contributed by atoms with Gasteiger partial charge in [-0.3, -0.25) is 14.9 Å². The molecular formula is C22H29N5O. The molecule has 0 atom stereocenters. The smallest absolute Gasteiger partial charge is 0.193 e. The second kappa shape index (κ2) is 11.1. The molecular weight excluding hydrogens is 350 g/mol. The van der Waals surface area contributed by atoms with Crippen molar-refractivity contribution in [1.82, 2.24) is 20.1 Å². The van der Waals surface area contributed by atoms with Gasteiger partial charge in [0.05, 0.1) is 12.7 Å². The highest BCUT2D eigenvalue weighted by atomic mass is 16.5. The standard InChI is InChI=1S/C22H29N5O/c1-23-22(25-12-18-28-21-10-5-11-24-19-21)27-16-14-26(15-17-27)13-6-9-20-7-3-2-4-8-20/h2-11,19H,12-18H2,1H3,(H,23,25)/b9-6+. The van der Waals surface area contributed by atoms with E-state index < -0.39 is 0 Å². The molecule has 1 fully saturated rings. The van der Waals surface area contributed by atoms with Gasteiger partial charge in [-0.2, -0.15) is 0 Å². The summed E-state index contributed by atoms with van der Waals surface area (Å²) in [5.74, 6) is 1.73. The maximum atomic E-state index is 5.67. The molecule has 0 spiro atoms. The van der Waals surface area contributed by atoms with Crippen molar-refractivity contribution < 1.29 is 4.74 Å². The van der Waals surface area contributed by atoms with Crippen LogP contribution >= 0.6 is 0 Å². The SMILES string of the molecule is CN=C(NCCOc1cccnc1)N1CCN(C/C=C/c2ccccc2)CC1. The summed E-state index contributed by atoms with van der Waals surface area (Å²) >= 11 is 0. The summed E-state index contributed by atoms with van der Waals surface area (Å²) in [6, 6.07) is 14.2. The number of nitrogens with zero attached hydrogens (tertiary/aromatic N) is 4. The van der Waals surface area contributed by atoms with Crippen molar-refractivity contribution in [3.63, 3.8) is 0 Å². The highest BCUT2D eigenvalue weighted by molar-refractivity contribution is 5.80. The average molecular weight is 380 g/mol. The Bertz CT molecular complexity index is 740. The fourth-order valence-corrected chi connectivity index (χ4v) is 3.14. The van der Waals surface area contributed by atoms with E-state index in [2.05, 4.69) is 61.5 Å².